The molecule has 0 aliphatic carbocycles. The van der Waals surface area contributed by atoms with Crippen LogP contribution in [0.1, 0.15) is 35.6 Å². The van der Waals surface area contributed by atoms with Crippen LogP contribution in [0.25, 0.3) is 0 Å². The topological polar surface area (TPSA) is 38.0 Å². The lowest BCUT2D eigenvalue weighted by Crippen LogP contribution is -2.33. The molecule has 5 rings (SSSR count). The molecule has 0 unspecified atom stereocenters. The maximum absolute atomic E-state index is 6.48. The molecule has 0 fully saturated rings. The fraction of sp³-hybridized carbons (Fsp3) is 0.150. The second-order valence-electron chi connectivity index (χ2n) is 6.44. The van der Waals surface area contributed by atoms with Crippen molar-refractivity contribution in [2.75, 3.05) is 0 Å². The molecule has 0 radical (unpaired) electrons. The minimum atomic E-state index is -0.444. The van der Waals surface area contributed by atoms with Crippen molar-refractivity contribution in [2.45, 2.75) is 18.7 Å². The van der Waals surface area contributed by atoms with Gasteiger partial charge in [0.25, 0.3) is 0 Å². The summed E-state index contributed by atoms with van der Waals surface area (Å²) in [6, 6.07) is 15.3. The van der Waals surface area contributed by atoms with Crippen molar-refractivity contribution in [3.63, 3.8) is 0 Å². The van der Waals surface area contributed by atoms with Gasteiger partial charge in [-0.2, -0.15) is 5.10 Å². The van der Waals surface area contributed by atoms with E-state index in [9.17, 15) is 0 Å². The summed E-state index contributed by atoms with van der Waals surface area (Å²) in [5.74, 6) is 1.59. The highest BCUT2D eigenvalue weighted by Gasteiger charge is 2.42. The van der Waals surface area contributed by atoms with Crippen molar-refractivity contribution in [3.05, 3.63) is 86.2 Å². The van der Waals surface area contributed by atoms with Crippen LogP contribution < -0.4 is 4.74 Å². The van der Waals surface area contributed by atoms with Crippen molar-refractivity contribution in [1.82, 2.24) is 5.01 Å². The zero-order valence-electron chi connectivity index (χ0n) is 13.9. The third-order valence-corrected chi connectivity index (χ3v) is 5.84. The number of ether oxygens (including phenoxy) is 1. The molecule has 0 saturated heterocycles. The molecule has 4 nitrogen and oxygen atoms in total. The smallest absolute Gasteiger partial charge is 0.215 e. The Morgan fingerprint density at radius 3 is 2.74 bits per heavy atom. The number of hydrogen-bond donors (Lipinski definition) is 0. The van der Waals surface area contributed by atoms with E-state index in [0.29, 0.717) is 10.0 Å². The zero-order chi connectivity index (χ0) is 18.5. The standard InChI is InChI=1S/C20H13BrCl2N2O2/c21-11-3-6-18-14(8-11)17-10-16(19-2-1-7-26-19)24-25(17)20(27-18)13-5-4-12(22)9-15(13)23/h1-9,17,20H,10H2/t17-,20+/m1/s1. The van der Waals surface area contributed by atoms with Gasteiger partial charge in [0.05, 0.1) is 17.3 Å². The van der Waals surface area contributed by atoms with Crippen molar-refractivity contribution < 1.29 is 9.15 Å². The lowest BCUT2D eigenvalue weighted by atomic mass is 9.97. The van der Waals surface area contributed by atoms with E-state index in [1.165, 1.54) is 0 Å². The second-order valence-corrected chi connectivity index (χ2v) is 8.20. The van der Waals surface area contributed by atoms with Crippen LogP contribution in [0.2, 0.25) is 10.0 Å². The molecule has 2 atom stereocenters. The molecule has 3 aromatic rings. The van der Waals surface area contributed by atoms with Gasteiger partial charge in [0.15, 0.2) is 0 Å². The highest BCUT2D eigenvalue weighted by molar-refractivity contribution is 9.10. The Morgan fingerprint density at radius 2 is 1.96 bits per heavy atom. The number of rotatable bonds is 2. The number of benzene rings is 2. The summed E-state index contributed by atoms with van der Waals surface area (Å²) in [6.07, 6.45) is 1.94. The Hall–Kier alpha value is -1.95. The number of hydrazone groups is 1. The molecule has 1 aromatic heterocycles. The monoisotopic (exact) mass is 462 g/mol. The molecule has 0 bridgehead atoms. The first-order chi connectivity index (χ1) is 13.1. The molecule has 2 aromatic carbocycles. The minimum Gasteiger partial charge on any atom is -0.464 e. The van der Waals surface area contributed by atoms with Crippen LogP contribution in [-0.4, -0.2) is 10.7 Å². The largest absolute Gasteiger partial charge is 0.464 e. The van der Waals surface area contributed by atoms with Gasteiger partial charge in [0.2, 0.25) is 6.23 Å². The first-order valence-corrected chi connectivity index (χ1v) is 9.96. The molecule has 0 amide bonds. The molecular weight excluding hydrogens is 451 g/mol. The third-order valence-electron chi connectivity index (χ3n) is 4.79. The average Bonchev–Trinajstić information content (AvgIpc) is 3.31. The highest BCUT2D eigenvalue weighted by atomic mass is 79.9. The molecule has 3 heterocycles. The summed E-state index contributed by atoms with van der Waals surface area (Å²) in [7, 11) is 0. The first-order valence-electron chi connectivity index (χ1n) is 8.41. The van der Waals surface area contributed by atoms with Gasteiger partial charge in [-0.1, -0.05) is 45.2 Å². The van der Waals surface area contributed by atoms with Gasteiger partial charge in [0.1, 0.15) is 17.2 Å². The van der Waals surface area contributed by atoms with Crippen LogP contribution in [0.5, 0.6) is 5.75 Å². The summed E-state index contributed by atoms with van der Waals surface area (Å²) >= 11 is 16.1. The van der Waals surface area contributed by atoms with E-state index in [2.05, 4.69) is 22.0 Å². The van der Waals surface area contributed by atoms with Crippen LogP contribution in [-0.2, 0) is 0 Å². The Morgan fingerprint density at radius 1 is 1.07 bits per heavy atom. The van der Waals surface area contributed by atoms with Gasteiger partial charge in [-0.15, -0.1) is 0 Å². The summed E-state index contributed by atoms with van der Waals surface area (Å²) < 4.78 is 12.9. The molecule has 2 aliphatic heterocycles. The average molecular weight is 464 g/mol. The SMILES string of the molecule is Clc1ccc([C@@H]2Oc3ccc(Br)cc3[C@H]3CC(c4ccco4)=NN32)c(Cl)c1. The summed E-state index contributed by atoms with van der Waals surface area (Å²) in [6.45, 7) is 0. The summed E-state index contributed by atoms with van der Waals surface area (Å²) in [4.78, 5) is 0. The van der Waals surface area contributed by atoms with E-state index in [1.54, 1.807) is 12.3 Å². The van der Waals surface area contributed by atoms with Crippen molar-refractivity contribution in [1.29, 1.82) is 0 Å². The molecule has 0 N–H and O–H groups in total. The Balaban J connectivity index is 1.64. The molecule has 7 heteroatoms. The number of nitrogens with zero attached hydrogens (tertiary/aromatic N) is 2. The summed E-state index contributed by atoms with van der Waals surface area (Å²) in [5.41, 5.74) is 2.79. The van der Waals surface area contributed by atoms with Gasteiger partial charge in [-0.3, -0.25) is 0 Å². The van der Waals surface area contributed by atoms with Gasteiger partial charge in [-0.05, 0) is 42.5 Å². The maximum atomic E-state index is 6.48. The third kappa shape index (κ3) is 2.94. The Bertz CT molecular complexity index is 1050. The number of fused-ring (bicyclic) bond motifs is 3. The number of hydrogen-bond acceptors (Lipinski definition) is 4. The molecule has 0 saturated carbocycles. The number of halogens is 3. The lowest BCUT2D eigenvalue weighted by molar-refractivity contribution is -0.0190. The predicted octanol–water partition coefficient (Wildman–Crippen LogP) is 6.59. The molecule has 2 aliphatic rings. The molecule has 0 spiro atoms. The Labute approximate surface area is 174 Å². The van der Waals surface area contributed by atoms with E-state index >= 15 is 0 Å². The van der Waals surface area contributed by atoms with Crippen LogP contribution in [0.3, 0.4) is 0 Å². The first kappa shape index (κ1) is 17.2. The van der Waals surface area contributed by atoms with Gasteiger partial charge >= 0.3 is 0 Å². The number of furan rings is 1. The van der Waals surface area contributed by atoms with E-state index in [0.717, 1.165) is 39.2 Å². The second kappa shape index (κ2) is 6.59. The fourth-order valence-corrected chi connectivity index (χ4v) is 4.44. The minimum absolute atomic E-state index is 0.0306. The molecular formula is C20H13BrCl2N2O2. The lowest BCUT2D eigenvalue weighted by Gasteiger charge is -2.38. The fourth-order valence-electron chi connectivity index (χ4n) is 3.56. The Kier molecular flexibility index (Phi) is 4.19. The zero-order valence-corrected chi connectivity index (χ0v) is 17.0. The molecule has 136 valence electrons. The van der Waals surface area contributed by atoms with Crippen LogP contribution >= 0.6 is 39.1 Å². The van der Waals surface area contributed by atoms with E-state index < -0.39 is 6.23 Å². The van der Waals surface area contributed by atoms with E-state index in [-0.39, 0.29) is 6.04 Å². The van der Waals surface area contributed by atoms with Crippen LogP contribution in [0.4, 0.5) is 0 Å². The highest BCUT2D eigenvalue weighted by Crippen LogP contribution is 2.49. The van der Waals surface area contributed by atoms with Crippen molar-refractivity contribution in [3.8, 4) is 5.75 Å². The van der Waals surface area contributed by atoms with Crippen molar-refractivity contribution >= 4 is 44.8 Å². The van der Waals surface area contributed by atoms with Crippen LogP contribution in [0, 0.1) is 0 Å². The summed E-state index contributed by atoms with van der Waals surface area (Å²) in [5, 5.41) is 7.92. The van der Waals surface area contributed by atoms with E-state index in [4.69, 9.17) is 37.5 Å². The normalized spacial score (nSPS) is 20.7. The predicted molar refractivity (Wildman–Crippen MR) is 108 cm³/mol. The molecule has 27 heavy (non-hydrogen) atoms. The van der Waals surface area contributed by atoms with Gasteiger partial charge in [0, 0.05) is 27.0 Å². The maximum Gasteiger partial charge on any atom is 0.215 e. The van der Waals surface area contributed by atoms with E-state index in [1.807, 2.05) is 41.4 Å². The van der Waals surface area contributed by atoms with Crippen molar-refractivity contribution in [2.24, 2.45) is 5.10 Å². The van der Waals surface area contributed by atoms with Crippen LogP contribution in [0.15, 0.2) is 68.8 Å². The van der Waals surface area contributed by atoms with Gasteiger partial charge in [-0.25, -0.2) is 5.01 Å². The quantitative estimate of drug-likeness (QED) is 0.430. The van der Waals surface area contributed by atoms with Gasteiger partial charge < -0.3 is 9.15 Å².